The van der Waals surface area contributed by atoms with Crippen molar-refractivity contribution in [1.82, 2.24) is 15.1 Å². The maximum Gasteiger partial charge on any atom is 0.234 e. The minimum absolute atomic E-state index is 0.0344. The summed E-state index contributed by atoms with van der Waals surface area (Å²) in [5, 5.41) is 2.99. The van der Waals surface area contributed by atoms with Crippen molar-refractivity contribution in [2.24, 2.45) is 5.41 Å². The molecule has 142 valence electrons. The van der Waals surface area contributed by atoms with Gasteiger partial charge in [0.25, 0.3) is 0 Å². The van der Waals surface area contributed by atoms with Crippen LogP contribution in [0.3, 0.4) is 0 Å². The number of piperidine rings is 1. The van der Waals surface area contributed by atoms with E-state index in [1.165, 1.54) is 5.56 Å². The Balaban J connectivity index is 1.42. The summed E-state index contributed by atoms with van der Waals surface area (Å²) in [6, 6.07) is 7.89. The smallest absolute Gasteiger partial charge is 0.234 e. The number of rotatable bonds is 6. The predicted octanol–water partition coefficient (Wildman–Crippen LogP) is 1.30. The van der Waals surface area contributed by atoms with E-state index in [1.807, 2.05) is 36.2 Å². The molecule has 1 unspecified atom stereocenters. The van der Waals surface area contributed by atoms with Crippen LogP contribution in [-0.2, 0) is 16.0 Å². The zero-order chi connectivity index (χ0) is 18.6. The molecular formula is C20H29N3O3. The molecule has 1 aromatic rings. The lowest BCUT2D eigenvalue weighted by Gasteiger charge is -2.37. The Bertz CT molecular complexity index is 646. The molecule has 1 N–H and O–H groups in total. The number of carbonyl (C=O) groups excluding carboxylic acids is 2. The molecule has 6 heteroatoms. The van der Waals surface area contributed by atoms with Gasteiger partial charge in [-0.2, -0.15) is 0 Å². The number of hydrogen-bond donors (Lipinski definition) is 1. The second kappa shape index (κ2) is 8.08. The zero-order valence-corrected chi connectivity index (χ0v) is 15.8. The van der Waals surface area contributed by atoms with Crippen LogP contribution in [0.1, 0.15) is 24.8 Å². The van der Waals surface area contributed by atoms with Crippen LogP contribution in [0, 0.1) is 5.41 Å². The maximum atomic E-state index is 12.5. The van der Waals surface area contributed by atoms with E-state index in [4.69, 9.17) is 4.74 Å². The van der Waals surface area contributed by atoms with Gasteiger partial charge in [0.05, 0.1) is 19.1 Å². The van der Waals surface area contributed by atoms with Gasteiger partial charge in [0.15, 0.2) is 0 Å². The van der Waals surface area contributed by atoms with E-state index in [0.29, 0.717) is 19.6 Å². The third-order valence-corrected chi connectivity index (χ3v) is 5.64. The minimum Gasteiger partial charge on any atom is -0.497 e. The van der Waals surface area contributed by atoms with Crippen LogP contribution in [0.2, 0.25) is 0 Å². The van der Waals surface area contributed by atoms with Crippen molar-refractivity contribution in [3.63, 3.8) is 0 Å². The Hall–Kier alpha value is -2.08. The van der Waals surface area contributed by atoms with Crippen molar-refractivity contribution in [1.29, 1.82) is 0 Å². The Labute approximate surface area is 155 Å². The predicted molar refractivity (Wildman–Crippen MR) is 100 cm³/mol. The van der Waals surface area contributed by atoms with Crippen LogP contribution in [-0.4, -0.2) is 68.5 Å². The molecule has 1 aromatic carbocycles. The molecule has 0 radical (unpaired) electrons. The summed E-state index contributed by atoms with van der Waals surface area (Å²) in [6.07, 6.45) is 3.67. The number of likely N-dealkylation sites (tertiary alicyclic amines) is 2. The molecule has 2 saturated heterocycles. The molecule has 2 amide bonds. The third kappa shape index (κ3) is 4.18. The first-order valence-corrected chi connectivity index (χ1v) is 9.40. The molecule has 2 aliphatic rings. The van der Waals surface area contributed by atoms with Gasteiger partial charge in [-0.15, -0.1) is 0 Å². The van der Waals surface area contributed by atoms with E-state index in [-0.39, 0.29) is 17.2 Å². The largest absolute Gasteiger partial charge is 0.497 e. The standard InChI is InChI=1S/C20H29N3O3/c1-22-12-3-9-20(19(22)25)10-13-23(15-20)14-18(24)21-11-8-16-4-6-17(26-2)7-5-16/h4-7H,3,8-15H2,1-2H3,(H,21,24). The first-order valence-electron chi connectivity index (χ1n) is 9.40. The fourth-order valence-electron chi connectivity index (χ4n) is 4.14. The summed E-state index contributed by atoms with van der Waals surface area (Å²) < 4.78 is 5.15. The molecule has 3 rings (SSSR count). The summed E-state index contributed by atoms with van der Waals surface area (Å²) in [5.41, 5.74) is 0.915. The van der Waals surface area contributed by atoms with Crippen molar-refractivity contribution in [3.8, 4) is 5.75 Å². The molecule has 1 atom stereocenters. The van der Waals surface area contributed by atoms with Crippen molar-refractivity contribution in [2.75, 3.05) is 46.9 Å². The molecule has 0 saturated carbocycles. The Morgan fingerprint density at radius 1 is 1.23 bits per heavy atom. The highest BCUT2D eigenvalue weighted by Crippen LogP contribution is 2.39. The fraction of sp³-hybridized carbons (Fsp3) is 0.600. The summed E-state index contributed by atoms with van der Waals surface area (Å²) in [4.78, 5) is 28.8. The maximum absolute atomic E-state index is 12.5. The molecule has 0 aliphatic carbocycles. The van der Waals surface area contributed by atoms with E-state index in [2.05, 4.69) is 10.2 Å². The topological polar surface area (TPSA) is 61.9 Å². The number of ether oxygens (including phenoxy) is 1. The number of nitrogens with one attached hydrogen (secondary N) is 1. The average molecular weight is 359 g/mol. The Morgan fingerprint density at radius 3 is 2.73 bits per heavy atom. The molecule has 26 heavy (non-hydrogen) atoms. The number of methoxy groups -OCH3 is 1. The van der Waals surface area contributed by atoms with Crippen LogP contribution < -0.4 is 10.1 Å². The fourth-order valence-corrected chi connectivity index (χ4v) is 4.14. The Morgan fingerprint density at radius 2 is 2.00 bits per heavy atom. The second-order valence-corrected chi connectivity index (χ2v) is 7.52. The highest BCUT2D eigenvalue weighted by Gasteiger charge is 2.47. The minimum atomic E-state index is -0.254. The lowest BCUT2D eigenvalue weighted by atomic mass is 9.78. The first-order chi connectivity index (χ1) is 12.5. The quantitative estimate of drug-likeness (QED) is 0.832. The molecule has 1 spiro atoms. The van der Waals surface area contributed by atoms with E-state index in [0.717, 1.165) is 44.5 Å². The summed E-state index contributed by atoms with van der Waals surface area (Å²) in [7, 11) is 3.54. The summed E-state index contributed by atoms with van der Waals surface area (Å²) >= 11 is 0. The van der Waals surface area contributed by atoms with Gasteiger partial charge in [-0.05, 0) is 49.9 Å². The number of hydrogen-bond acceptors (Lipinski definition) is 4. The monoisotopic (exact) mass is 359 g/mol. The van der Waals surface area contributed by atoms with Gasteiger partial charge in [-0.25, -0.2) is 0 Å². The van der Waals surface area contributed by atoms with Gasteiger partial charge in [-0.3, -0.25) is 14.5 Å². The van der Waals surface area contributed by atoms with Gasteiger partial charge < -0.3 is 15.0 Å². The van der Waals surface area contributed by atoms with Gasteiger partial charge in [0.2, 0.25) is 11.8 Å². The van der Waals surface area contributed by atoms with Crippen molar-refractivity contribution in [3.05, 3.63) is 29.8 Å². The number of amides is 2. The van der Waals surface area contributed by atoms with Crippen LogP contribution in [0.25, 0.3) is 0 Å². The first kappa shape index (κ1) is 18.7. The Kier molecular flexibility index (Phi) is 5.81. The van der Waals surface area contributed by atoms with Gasteiger partial charge in [0.1, 0.15) is 5.75 Å². The zero-order valence-electron chi connectivity index (χ0n) is 15.8. The number of carbonyl (C=O) groups is 2. The van der Waals surface area contributed by atoms with Crippen molar-refractivity contribution in [2.45, 2.75) is 25.7 Å². The van der Waals surface area contributed by atoms with Gasteiger partial charge in [0, 0.05) is 26.7 Å². The highest BCUT2D eigenvalue weighted by molar-refractivity contribution is 5.84. The molecule has 0 bridgehead atoms. The van der Waals surface area contributed by atoms with Gasteiger partial charge in [-0.1, -0.05) is 12.1 Å². The van der Waals surface area contributed by atoms with E-state index in [1.54, 1.807) is 7.11 Å². The molecule has 0 aromatic heterocycles. The summed E-state index contributed by atoms with van der Waals surface area (Å²) in [6.45, 7) is 3.38. The lowest BCUT2D eigenvalue weighted by Crippen LogP contribution is -2.48. The van der Waals surface area contributed by atoms with Crippen LogP contribution in [0.4, 0.5) is 0 Å². The molecule has 2 aliphatic heterocycles. The lowest BCUT2D eigenvalue weighted by molar-refractivity contribution is -0.144. The van der Waals surface area contributed by atoms with Crippen LogP contribution in [0.5, 0.6) is 5.75 Å². The third-order valence-electron chi connectivity index (χ3n) is 5.64. The second-order valence-electron chi connectivity index (χ2n) is 7.52. The van der Waals surface area contributed by atoms with E-state index in [9.17, 15) is 9.59 Å². The molecule has 2 fully saturated rings. The summed E-state index contributed by atoms with van der Waals surface area (Å²) in [5.74, 6) is 1.13. The van der Waals surface area contributed by atoms with Crippen LogP contribution in [0.15, 0.2) is 24.3 Å². The van der Waals surface area contributed by atoms with E-state index >= 15 is 0 Å². The van der Waals surface area contributed by atoms with Crippen LogP contribution >= 0.6 is 0 Å². The molecular weight excluding hydrogens is 330 g/mol. The molecule has 2 heterocycles. The average Bonchev–Trinajstić information content (AvgIpc) is 3.04. The van der Waals surface area contributed by atoms with E-state index < -0.39 is 0 Å². The highest BCUT2D eigenvalue weighted by atomic mass is 16.5. The number of nitrogens with zero attached hydrogens (tertiary/aromatic N) is 2. The molecule has 6 nitrogen and oxygen atoms in total. The van der Waals surface area contributed by atoms with Crippen molar-refractivity contribution >= 4 is 11.8 Å². The normalized spacial score (nSPS) is 23.5. The number of benzene rings is 1. The van der Waals surface area contributed by atoms with Gasteiger partial charge >= 0.3 is 0 Å². The van der Waals surface area contributed by atoms with Crippen molar-refractivity contribution < 1.29 is 14.3 Å². The SMILES string of the molecule is COc1ccc(CCNC(=O)CN2CCC3(CCCN(C)C3=O)C2)cc1.